The molecule has 1 heterocycles. The zero-order chi connectivity index (χ0) is 15.7. The van der Waals surface area contributed by atoms with Crippen LogP contribution < -0.4 is 5.56 Å². The standard InChI is InChI=1S/C16H11NO5/c1-21-16(20)10-4-2-3-9(7-10)15-17-14(19)12-8-11(18)5-6-13(12)22-15/h2-8,18H,1H3. The molecule has 6 nitrogen and oxygen atoms in total. The van der Waals surface area contributed by atoms with Crippen molar-refractivity contribution in [3.8, 4) is 17.2 Å². The normalized spacial score (nSPS) is 10.6. The second kappa shape index (κ2) is 5.33. The van der Waals surface area contributed by atoms with Crippen LogP contribution in [0.5, 0.6) is 5.75 Å². The fourth-order valence-electron chi connectivity index (χ4n) is 2.07. The third-order valence-electron chi connectivity index (χ3n) is 3.13. The molecule has 0 radical (unpaired) electrons. The second-order valence-corrected chi connectivity index (χ2v) is 4.58. The van der Waals surface area contributed by atoms with E-state index in [1.165, 1.54) is 31.4 Å². The van der Waals surface area contributed by atoms with Gasteiger partial charge in [-0.1, -0.05) is 6.07 Å². The third kappa shape index (κ3) is 2.42. The van der Waals surface area contributed by atoms with Gasteiger partial charge >= 0.3 is 5.97 Å². The van der Waals surface area contributed by atoms with Gasteiger partial charge in [-0.05, 0) is 36.4 Å². The maximum atomic E-state index is 12.0. The van der Waals surface area contributed by atoms with Crippen molar-refractivity contribution in [3.63, 3.8) is 0 Å². The molecule has 3 aromatic rings. The van der Waals surface area contributed by atoms with E-state index in [0.29, 0.717) is 16.7 Å². The summed E-state index contributed by atoms with van der Waals surface area (Å²) < 4.78 is 10.2. The number of esters is 1. The van der Waals surface area contributed by atoms with Crippen molar-refractivity contribution in [3.05, 3.63) is 58.4 Å². The fourth-order valence-corrected chi connectivity index (χ4v) is 2.07. The van der Waals surface area contributed by atoms with Crippen molar-refractivity contribution in [2.45, 2.75) is 0 Å². The number of carbonyl (C=O) groups excluding carboxylic acids is 1. The largest absolute Gasteiger partial charge is 0.508 e. The molecule has 110 valence electrons. The Hall–Kier alpha value is -3.15. The zero-order valence-electron chi connectivity index (χ0n) is 11.6. The molecule has 0 amide bonds. The number of phenolic OH excluding ortho intramolecular Hbond substituents is 1. The average Bonchev–Trinajstić information content (AvgIpc) is 2.54. The number of aromatic nitrogens is 1. The van der Waals surface area contributed by atoms with Crippen molar-refractivity contribution in [2.75, 3.05) is 7.11 Å². The number of nitrogens with zero attached hydrogens (tertiary/aromatic N) is 1. The van der Waals surface area contributed by atoms with Crippen molar-refractivity contribution in [1.29, 1.82) is 0 Å². The van der Waals surface area contributed by atoms with E-state index in [1.807, 2.05) is 0 Å². The summed E-state index contributed by atoms with van der Waals surface area (Å²) >= 11 is 0. The molecule has 1 N–H and O–H groups in total. The molecule has 2 aromatic carbocycles. The van der Waals surface area contributed by atoms with Crippen LogP contribution in [-0.2, 0) is 4.74 Å². The van der Waals surface area contributed by atoms with Gasteiger partial charge in [0, 0.05) is 5.56 Å². The van der Waals surface area contributed by atoms with Crippen LogP contribution in [0.25, 0.3) is 22.4 Å². The van der Waals surface area contributed by atoms with Crippen LogP contribution in [0, 0.1) is 0 Å². The lowest BCUT2D eigenvalue weighted by Crippen LogP contribution is -2.07. The van der Waals surface area contributed by atoms with Gasteiger partial charge in [-0.25, -0.2) is 4.79 Å². The van der Waals surface area contributed by atoms with Gasteiger partial charge in [0.25, 0.3) is 5.56 Å². The molecular formula is C16H11NO5. The van der Waals surface area contributed by atoms with Crippen molar-refractivity contribution in [1.82, 2.24) is 4.98 Å². The Morgan fingerprint density at radius 2 is 2.05 bits per heavy atom. The van der Waals surface area contributed by atoms with Gasteiger partial charge in [0.2, 0.25) is 5.89 Å². The van der Waals surface area contributed by atoms with Crippen molar-refractivity contribution >= 4 is 16.9 Å². The number of hydrogen-bond donors (Lipinski definition) is 1. The summed E-state index contributed by atoms with van der Waals surface area (Å²) in [5, 5.41) is 9.59. The number of fused-ring (bicyclic) bond motifs is 1. The minimum absolute atomic E-state index is 0.0398. The van der Waals surface area contributed by atoms with E-state index in [2.05, 4.69) is 9.72 Å². The van der Waals surface area contributed by atoms with Crippen LogP contribution in [0.1, 0.15) is 10.4 Å². The number of ether oxygens (including phenoxy) is 1. The van der Waals surface area contributed by atoms with Crippen LogP contribution in [0.3, 0.4) is 0 Å². The lowest BCUT2D eigenvalue weighted by atomic mass is 10.1. The highest BCUT2D eigenvalue weighted by Crippen LogP contribution is 2.23. The molecule has 0 aliphatic carbocycles. The summed E-state index contributed by atoms with van der Waals surface area (Å²) in [4.78, 5) is 27.4. The van der Waals surface area contributed by atoms with Gasteiger partial charge in [-0.2, -0.15) is 4.98 Å². The molecule has 0 bridgehead atoms. The molecule has 1 aromatic heterocycles. The number of rotatable bonds is 2. The van der Waals surface area contributed by atoms with Gasteiger partial charge < -0.3 is 14.3 Å². The van der Waals surface area contributed by atoms with Crippen LogP contribution in [-0.4, -0.2) is 23.2 Å². The lowest BCUT2D eigenvalue weighted by Gasteiger charge is -2.04. The summed E-state index contributed by atoms with van der Waals surface area (Å²) in [6.45, 7) is 0. The van der Waals surface area contributed by atoms with E-state index in [1.54, 1.807) is 18.2 Å². The van der Waals surface area contributed by atoms with Gasteiger partial charge in [0.15, 0.2) is 0 Å². The van der Waals surface area contributed by atoms with E-state index in [9.17, 15) is 14.7 Å². The summed E-state index contributed by atoms with van der Waals surface area (Å²) in [7, 11) is 1.29. The number of methoxy groups -OCH3 is 1. The second-order valence-electron chi connectivity index (χ2n) is 4.58. The Bertz CT molecular complexity index is 929. The summed E-state index contributed by atoms with van der Waals surface area (Å²) in [5.41, 5.74) is 0.595. The highest BCUT2D eigenvalue weighted by Gasteiger charge is 2.12. The third-order valence-corrected chi connectivity index (χ3v) is 3.13. The van der Waals surface area contributed by atoms with E-state index < -0.39 is 11.5 Å². The predicted octanol–water partition coefficient (Wildman–Crippen LogP) is 2.35. The monoisotopic (exact) mass is 297 g/mol. The molecule has 22 heavy (non-hydrogen) atoms. The van der Waals surface area contributed by atoms with Crippen LogP contribution in [0.2, 0.25) is 0 Å². The molecule has 0 saturated carbocycles. The summed E-state index contributed by atoms with van der Waals surface area (Å²) in [6.07, 6.45) is 0. The summed E-state index contributed by atoms with van der Waals surface area (Å²) in [5.74, 6) is -0.439. The van der Waals surface area contributed by atoms with E-state index in [0.717, 1.165) is 0 Å². The minimum Gasteiger partial charge on any atom is -0.508 e. The number of phenols is 1. The number of carbonyl (C=O) groups is 1. The number of hydrogen-bond acceptors (Lipinski definition) is 6. The first-order valence-electron chi connectivity index (χ1n) is 6.41. The molecule has 0 saturated heterocycles. The summed E-state index contributed by atoms with van der Waals surface area (Å²) in [6, 6.07) is 10.6. The highest BCUT2D eigenvalue weighted by molar-refractivity contribution is 5.90. The van der Waals surface area contributed by atoms with E-state index in [4.69, 9.17) is 4.42 Å². The molecule has 0 fully saturated rings. The van der Waals surface area contributed by atoms with Crippen molar-refractivity contribution < 1.29 is 19.1 Å². The molecule has 6 heteroatoms. The Morgan fingerprint density at radius 3 is 2.82 bits per heavy atom. The van der Waals surface area contributed by atoms with Gasteiger partial charge in [-0.3, -0.25) is 4.79 Å². The van der Waals surface area contributed by atoms with Crippen LogP contribution >= 0.6 is 0 Å². The predicted molar refractivity (Wildman–Crippen MR) is 78.7 cm³/mol. The highest BCUT2D eigenvalue weighted by atomic mass is 16.5. The molecule has 0 atom stereocenters. The molecular weight excluding hydrogens is 286 g/mol. The maximum absolute atomic E-state index is 12.0. The molecule has 0 unspecified atom stereocenters. The van der Waals surface area contributed by atoms with Crippen molar-refractivity contribution in [2.24, 2.45) is 0 Å². The maximum Gasteiger partial charge on any atom is 0.337 e. The van der Waals surface area contributed by atoms with Gasteiger partial charge in [-0.15, -0.1) is 0 Å². The first-order valence-corrected chi connectivity index (χ1v) is 6.41. The van der Waals surface area contributed by atoms with Crippen LogP contribution in [0.15, 0.2) is 51.7 Å². The molecule has 0 aliphatic heterocycles. The zero-order valence-corrected chi connectivity index (χ0v) is 11.6. The van der Waals surface area contributed by atoms with Crippen LogP contribution in [0.4, 0.5) is 0 Å². The minimum atomic E-state index is -0.518. The molecule has 0 aliphatic rings. The SMILES string of the molecule is COC(=O)c1cccc(-c2nc(=O)c3cc(O)ccc3o2)c1. The molecule has 0 spiro atoms. The number of aromatic hydroxyl groups is 1. The van der Waals surface area contributed by atoms with Gasteiger partial charge in [0.1, 0.15) is 11.3 Å². The van der Waals surface area contributed by atoms with E-state index in [-0.39, 0.29) is 17.0 Å². The lowest BCUT2D eigenvalue weighted by molar-refractivity contribution is 0.0601. The number of benzene rings is 2. The average molecular weight is 297 g/mol. The fraction of sp³-hybridized carbons (Fsp3) is 0.0625. The first-order chi connectivity index (χ1) is 10.6. The topological polar surface area (TPSA) is 89.6 Å². The molecule has 3 rings (SSSR count). The first kappa shape index (κ1) is 13.8. The van der Waals surface area contributed by atoms with E-state index >= 15 is 0 Å². The quantitative estimate of drug-likeness (QED) is 0.730. The Labute approximate surface area is 124 Å². The Balaban J connectivity index is 2.17. The van der Waals surface area contributed by atoms with Gasteiger partial charge in [0.05, 0.1) is 18.1 Å². The smallest absolute Gasteiger partial charge is 0.337 e. The Morgan fingerprint density at radius 1 is 1.23 bits per heavy atom. The Kier molecular flexibility index (Phi) is 3.34.